The predicted octanol–water partition coefficient (Wildman–Crippen LogP) is 9.50. The van der Waals surface area contributed by atoms with E-state index < -0.39 is 0 Å². The maximum Gasteiger partial charge on any atom is 0.343 e. The molecule has 0 amide bonds. The fraction of sp³-hybridized carbons (Fsp3) is 0.406. The predicted molar refractivity (Wildman–Crippen MR) is 155 cm³/mol. The molecule has 0 aliphatic heterocycles. The molecule has 1 unspecified atom stereocenters. The Balaban J connectivity index is 1.49. The fourth-order valence-electron chi connectivity index (χ4n) is 3.79. The summed E-state index contributed by atoms with van der Waals surface area (Å²) in [4.78, 5) is 12.6. The van der Waals surface area contributed by atoms with E-state index in [1.165, 1.54) is 32.1 Å². The smallest absolute Gasteiger partial charge is 0.343 e. The molecular weight excluding hydrogens is 528 g/mol. The molecular formula is C32H39BrO4. The minimum absolute atomic E-state index is 0.388. The Hall–Kier alpha value is -2.79. The second-order valence-corrected chi connectivity index (χ2v) is 10.4. The van der Waals surface area contributed by atoms with E-state index in [2.05, 4.69) is 36.7 Å². The molecule has 5 heteroatoms. The number of carbonyl (C=O) groups excluding carboxylic acids is 1. The van der Waals surface area contributed by atoms with Gasteiger partial charge in [-0.2, -0.15) is 0 Å². The lowest BCUT2D eigenvalue weighted by Gasteiger charge is -2.13. The largest absolute Gasteiger partial charge is 0.494 e. The molecule has 0 fully saturated rings. The summed E-state index contributed by atoms with van der Waals surface area (Å²) in [6.07, 6.45) is 8.47. The van der Waals surface area contributed by atoms with Crippen molar-refractivity contribution >= 4 is 21.9 Å². The molecule has 1 atom stereocenters. The van der Waals surface area contributed by atoms with E-state index in [0.29, 0.717) is 30.4 Å². The van der Waals surface area contributed by atoms with Crippen LogP contribution in [0.4, 0.5) is 0 Å². The Morgan fingerprint density at radius 2 is 1.43 bits per heavy atom. The highest BCUT2D eigenvalue weighted by Crippen LogP contribution is 2.32. The van der Waals surface area contributed by atoms with E-state index in [1.807, 2.05) is 54.6 Å². The molecule has 3 rings (SSSR count). The average molecular weight is 568 g/mol. The first-order chi connectivity index (χ1) is 18.0. The Morgan fingerprint density at radius 3 is 2.11 bits per heavy atom. The van der Waals surface area contributed by atoms with Gasteiger partial charge >= 0.3 is 5.97 Å². The molecule has 0 bridgehead atoms. The molecule has 3 aromatic rings. The zero-order chi connectivity index (χ0) is 26.5. The Bertz CT molecular complexity index is 1090. The van der Waals surface area contributed by atoms with E-state index >= 15 is 0 Å². The topological polar surface area (TPSA) is 44.8 Å². The van der Waals surface area contributed by atoms with Gasteiger partial charge in [-0.1, -0.05) is 77.5 Å². The van der Waals surface area contributed by atoms with Crippen molar-refractivity contribution in [1.82, 2.24) is 0 Å². The number of rotatable bonds is 15. The first-order valence-electron chi connectivity index (χ1n) is 13.5. The molecule has 0 heterocycles. The number of ether oxygens (including phenoxy) is 3. The standard InChI is InChI=1S/C32H39BrO4/c1-4-6-7-8-9-10-21-35-28-16-13-26(14-17-28)32(34)37-29-18-11-25(12-19-29)27-15-20-31(30(33)22-27)36-23-24(3)5-2/h11-20,22,24H,4-10,21,23H2,1-3H3. The van der Waals surface area contributed by atoms with Crippen LogP contribution in [0.5, 0.6) is 17.2 Å². The molecule has 4 nitrogen and oxygen atoms in total. The van der Waals surface area contributed by atoms with Gasteiger partial charge in [0, 0.05) is 0 Å². The highest BCUT2D eigenvalue weighted by Gasteiger charge is 2.10. The molecule has 0 N–H and O–H groups in total. The van der Waals surface area contributed by atoms with Crippen molar-refractivity contribution < 1.29 is 19.0 Å². The van der Waals surface area contributed by atoms with Crippen LogP contribution in [0.25, 0.3) is 11.1 Å². The quantitative estimate of drug-likeness (QED) is 0.104. The molecule has 198 valence electrons. The number of benzene rings is 3. The van der Waals surface area contributed by atoms with Crippen LogP contribution < -0.4 is 14.2 Å². The van der Waals surface area contributed by atoms with Gasteiger partial charge in [-0.15, -0.1) is 0 Å². The zero-order valence-corrected chi connectivity index (χ0v) is 23.9. The number of hydrogen-bond acceptors (Lipinski definition) is 4. The Kier molecular flexibility index (Phi) is 12.0. The van der Waals surface area contributed by atoms with Crippen LogP contribution in [0, 0.1) is 5.92 Å². The third-order valence-corrected chi connectivity index (χ3v) is 7.03. The first-order valence-corrected chi connectivity index (χ1v) is 14.3. The second-order valence-electron chi connectivity index (χ2n) is 9.52. The van der Waals surface area contributed by atoms with Crippen LogP contribution in [0.1, 0.15) is 76.1 Å². The minimum Gasteiger partial charge on any atom is -0.494 e. The Morgan fingerprint density at radius 1 is 0.784 bits per heavy atom. The monoisotopic (exact) mass is 566 g/mol. The zero-order valence-electron chi connectivity index (χ0n) is 22.3. The van der Waals surface area contributed by atoms with Crippen LogP contribution >= 0.6 is 15.9 Å². The summed E-state index contributed by atoms with van der Waals surface area (Å²) in [5, 5.41) is 0. The van der Waals surface area contributed by atoms with Crippen LogP contribution in [0.2, 0.25) is 0 Å². The number of carbonyl (C=O) groups is 1. The van der Waals surface area contributed by atoms with Gasteiger partial charge < -0.3 is 14.2 Å². The van der Waals surface area contributed by atoms with E-state index in [4.69, 9.17) is 14.2 Å². The molecule has 0 aliphatic rings. The molecule has 0 aromatic heterocycles. The van der Waals surface area contributed by atoms with Crippen LogP contribution in [-0.4, -0.2) is 19.2 Å². The van der Waals surface area contributed by atoms with Crippen molar-refractivity contribution in [3.63, 3.8) is 0 Å². The first kappa shape index (κ1) is 28.8. The van der Waals surface area contributed by atoms with Crippen molar-refractivity contribution in [2.75, 3.05) is 13.2 Å². The van der Waals surface area contributed by atoms with E-state index in [1.54, 1.807) is 12.1 Å². The second kappa shape index (κ2) is 15.5. The molecule has 37 heavy (non-hydrogen) atoms. The number of hydrogen-bond donors (Lipinski definition) is 0. The van der Waals surface area contributed by atoms with Crippen molar-refractivity contribution in [2.45, 2.75) is 65.7 Å². The van der Waals surface area contributed by atoms with Gasteiger partial charge in [0.05, 0.1) is 23.2 Å². The lowest BCUT2D eigenvalue weighted by Crippen LogP contribution is -2.08. The van der Waals surface area contributed by atoms with Crippen molar-refractivity contribution in [1.29, 1.82) is 0 Å². The summed E-state index contributed by atoms with van der Waals surface area (Å²) in [6, 6.07) is 20.7. The van der Waals surface area contributed by atoms with Crippen LogP contribution in [0.15, 0.2) is 71.2 Å². The summed E-state index contributed by atoms with van der Waals surface area (Å²) >= 11 is 3.62. The lowest BCUT2D eigenvalue weighted by atomic mass is 10.1. The van der Waals surface area contributed by atoms with Crippen LogP contribution in [0.3, 0.4) is 0 Å². The van der Waals surface area contributed by atoms with Gasteiger partial charge in [-0.25, -0.2) is 4.79 Å². The highest BCUT2D eigenvalue weighted by atomic mass is 79.9. The summed E-state index contributed by atoms with van der Waals surface area (Å²) in [7, 11) is 0. The molecule has 3 aromatic carbocycles. The molecule has 0 radical (unpaired) electrons. The van der Waals surface area contributed by atoms with Gasteiger partial charge in [-0.05, 0) is 87.9 Å². The van der Waals surface area contributed by atoms with E-state index in [0.717, 1.165) is 39.9 Å². The summed E-state index contributed by atoms with van der Waals surface area (Å²) in [5.74, 6) is 2.25. The van der Waals surface area contributed by atoms with Gasteiger partial charge in [-0.3, -0.25) is 0 Å². The average Bonchev–Trinajstić information content (AvgIpc) is 2.92. The molecule has 0 saturated heterocycles. The third kappa shape index (κ3) is 9.55. The van der Waals surface area contributed by atoms with E-state index in [9.17, 15) is 4.79 Å². The number of halogens is 1. The molecule has 0 aliphatic carbocycles. The Labute approximate surface area is 230 Å². The van der Waals surface area contributed by atoms with Crippen LogP contribution in [-0.2, 0) is 0 Å². The highest BCUT2D eigenvalue weighted by molar-refractivity contribution is 9.10. The summed E-state index contributed by atoms with van der Waals surface area (Å²) in [5.41, 5.74) is 2.57. The maximum absolute atomic E-state index is 12.6. The minimum atomic E-state index is -0.388. The van der Waals surface area contributed by atoms with Gasteiger partial charge in [0.1, 0.15) is 17.2 Å². The fourth-order valence-corrected chi connectivity index (χ4v) is 4.28. The van der Waals surface area contributed by atoms with Gasteiger partial charge in [0.25, 0.3) is 0 Å². The van der Waals surface area contributed by atoms with Crippen molar-refractivity contribution in [3.8, 4) is 28.4 Å². The third-order valence-electron chi connectivity index (χ3n) is 6.41. The van der Waals surface area contributed by atoms with Gasteiger partial charge in [0.2, 0.25) is 0 Å². The van der Waals surface area contributed by atoms with Gasteiger partial charge in [0.15, 0.2) is 0 Å². The SMILES string of the molecule is CCCCCCCCOc1ccc(C(=O)Oc2ccc(-c3ccc(OCC(C)CC)c(Br)c3)cc2)cc1. The summed E-state index contributed by atoms with van der Waals surface area (Å²) < 4.78 is 18.2. The van der Waals surface area contributed by atoms with Crippen molar-refractivity contribution in [3.05, 3.63) is 76.8 Å². The lowest BCUT2D eigenvalue weighted by molar-refractivity contribution is 0.0734. The molecule has 0 spiro atoms. The maximum atomic E-state index is 12.6. The van der Waals surface area contributed by atoms with Crippen molar-refractivity contribution in [2.24, 2.45) is 5.92 Å². The van der Waals surface area contributed by atoms with E-state index in [-0.39, 0.29) is 5.97 Å². The normalized spacial score (nSPS) is 11.7. The number of esters is 1. The summed E-state index contributed by atoms with van der Waals surface area (Å²) in [6.45, 7) is 7.97. The molecule has 0 saturated carbocycles. The number of unbranched alkanes of at least 4 members (excludes halogenated alkanes) is 5.